The molecule has 82 valence electrons. The van der Waals surface area contributed by atoms with Gasteiger partial charge in [0.15, 0.2) is 5.76 Å². The van der Waals surface area contributed by atoms with Gasteiger partial charge in [-0.15, -0.1) is 0 Å². The van der Waals surface area contributed by atoms with Crippen LogP contribution < -0.4 is 0 Å². The molecule has 4 heteroatoms. The molecule has 1 saturated carbocycles. The van der Waals surface area contributed by atoms with Gasteiger partial charge < -0.3 is 9.26 Å². The zero-order chi connectivity index (χ0) is 11.0. The lowest BCUT2D eigenvalue weighted by molar-refractivity contribution is -0.140. The van der Waals surface area contributed by atoms with Gasteiger partial charge in [-0.2, -0.15) is 0 Å². The number of carbonyl (C=O) groups excluding carboxylic acids is 1. The molecule has 1 aliphatic carbocycles. The highest BCUT2D eigenvalue weighted by molar-refractivity contribution is 5.72. The van der Waals surface area contributed by atoms with E-state index in [0.717, 1.165) is 17.7 Å². The van der Waals surface area contributed by atoms with Gasteiger partial charge in [-0.1, -0.05) is 12.1 Å². The van der Waals surface area contributed by atoms with E-state index in [1.54, 1.807) is 0 Å². The van der Waals surface area contributed by atoms with Crippen molar-refractivity contribution in [3.05, 3.63) is 17.0 Å². The predicted octanol–water partition coefficient (Wildman–Crippen LogP) is 1.82. The Bertz CT molecular complexity index is 383. The Balaban J connectivity index is 2.20. The van der Waals surface area contributed by atoms with E-state index in [-0.39, 0.29) is 12.4 Å². The second-order valence-corrected chi connectivity index (χ2v) is 4.18. The summed E-state index contributed by atoms with van der Waals surface area (Å²) in [6.07, 6.45) is 1.35. The molecule has 1 heterocycles. The van der Waals surface area contributed by atoms with Gasteiger partial charge in [0.2, 0.25) is 0 Å². The van der Waals surface area contributed by atoms with E-state index in [4.69, 9.17) is 4.52 Å². The van der Waals surface area contributed by atoms with Gasteiger partial charge in [0.05, 0.1) is 12.8 Å². The molecule has 0 aliphatic heterocycles. The minimum Gasteiger partial charge on any atom is -0.469 e. The summed E-state index contributed by atoms with van der Waals surface area (Å²) in [5, 5.41) is 3.92. The van der Waals surface area contributed by atoms with Crippen molar-refractivity contribution >= 4 is 5.97 Å². The lowest BCUT2D eigenvalue weighted by Gasteiger charge is -1.99. The molecule has 1 unspecified atom stereocenters. The Labute approximate surface area is 88.6 Å². The third-order valence-electron chi connectivity index (χ3n) is 3.00. The number of hydrogen-bond donors (Lipinski definition) is 0. The highest BCUT2D eigenvalue weighted by Gasteiger charge is 2.39. The quantitative estimate of drug-likeness (QED) is 0.712. The van der Waals surface area contributed by atoms with Crippen LogP contribution in [0.4, 0.5) is 0 Å². The molecule has 1 aliphatic rings. The number of aryl methyl sites for hydroxylation is 1. The average Bonchev–Trinajstić information content (AvgIpc) is 2.80. The molecule has 15 heavy (non-hydrogen) atoms. The number of nitrogens with zero attached hydrogens (tertiary/aromatic N) is 1. The van der Waals surface area contributed by atoms with E-state index < -0.39 is 0 Å². The standard InChI is InChI=1S/C11H15NO3/c1-6-4-8(6)11-7(2)12-15-9(11)5-10(13)14-3/h6,8H,4-5H2,1-3H3/t6?,8-/m0/s1. The Hall–Kier alpha value is -1.32. The maximum absolute atomic E-state index is 11.2. The lowest BCUT2D eigenvalue weighted by atomic mass is 10.1. The van der Waals surface area contributed by atoms with Crippen LogP contribution in [0.5, 0.6) is 0 Å². The molecule has 0 radical (unpaired) electrons. The van der Waals surface area contributed by atoms with Crippen LogP contribution >= 0.6 is 0 Å². The molecular weight excluding hydrogens is 194 g/mol. The Morgan fingerprint density at radius 1 is 1.67 bits per heavy atom. The minimum absolute atomic E-state index is 0.190. The average molecular weight is 209 g/mol. The molecule has 1 fully saturated rings. The van der Waals surface area contributed by atoms with Gasteiger partial charge in [0.25, 0.3) is 0 Å². The predicted molar refractivity (Wildman–Crippen MR) is 53.5 cm³/mol. The van der Waals surface area contributed by atoms with Crippen LogP contribution in [0, 0.1) is 12.8 Å². The van der Waals surface area contributed by atoms with E-state index in [2.05, 4.69) is 16.8 Å². The molecule has 2 atom stereocenters. The van der Waals surface area contributed by atoms with Crippen molar-refractivity contribution in [1.82, 2.24) is 5.16 Å². The number of rotatable bonds is 3. The highest BCUT2D eigenvalue weighted by atomic mass is 16.5. The summed E-state index contributed by atoms with van der Waals surface area (Å²) < 4.78 is 9.79. The third kappa shape index (κ3) is 1.89. The van der Waals surface area contributed by atoms with E-state index >= 15 is 0 Å². The lowest BCUT2D eigenvalue weighted by Crippen LogP contribution is -2.05. The van der Waals surface area contributed by atoms with Crippen molar-refractivity contribution in [3.8, 4) is 0 Å². The molecule has 0 aromatic carbocycles. The molecule has 1 aromatic heterocycles. The van der Waals surface area contributed by atoms with Crippen LogP contribution in [-0.2, 0) is 16.0 Å². The van der Waals surface area contributed by atoms with E-state index in [0.29, 0.717) is 17.6 Å². The molecule has 0 N–H and O–H groups in total. The van der Waals surface area contributed by atoms with E-state index in [1.807, 2.05) is 6.92 Å². The molecule has 0 saturated heterocycles. The first-order valence-electron chi connectivity index (χ1n) is 5.15. The largest absolute Gasteiger partial charge is 0.469 e. The van der Waals surface area contributed by atoms with Crippen LogP contribution in [0.2, 0.25) is 0 Å². The summed E-state index contributed by atoms with van der Waals surface area (Å²) in [6, 6.07) is 0. The fourth-order valence-corrected chi connectivity index (χ4v) is 1.95. The summed E-state index contributed by atoms with van der Waals surface area (Å²) in [5.41, 5.74) is 2.02. The Morgan fingerprint density at radius 3 is 2.87 bits per heavy atom. The van der Waals surface area contributed by atoms with Crippen LogP contribution in [0.1, 0.15) is 36.3 Å². The number of methoxy groups -OCH3 is 1. The van der Waals surface area contributed by atoms with Crippen molar-refractivity contribution in [1.29, 1.82) is 0 Å². The second kappa shape index (κ2) is 3.68. The topological polar surface area (TPSA) is 52.3 Å². The Morgan fingerprint density at radius 2 is 2.33 bits per heavy atom. The van der Waals surface area contributed by atoms with Crippen molar-refractivity contribution < 1.29 is 14.1 Å². The van der Waals surface area contributed by atoms with Crippen LogP contribution in [-0.4, -0.2) is 18.2 Å². The smallest absolute Gasteiger partial charge is 0.313 e. The molecule has 0 spiro atoms. The molecule has 0 amide bonds. The summed E-state index contributed by atoms with van der Waals surface area (Å²) in [6.45, 7) is 4.11. The van der Waals surface area contributed by atoms with Crippen molar-refractivity contribution in [2.75, 3.05) is 7.11 Å². The second-order valence-electron chi connectivity index (χ2n) is 4.18. The minimum atomic E-state index is -0.277. The van der Waals surface area contributed by atoms with Gasteiger partial charge in [-0.3, -0.25) is 4.79 Å². The molecule has 1 aromatic rings. The van der Waals surface area contributed by atoms with Crippen LogP contribution in [0.3, 0.4) is 0 Å². The monoisotopic (exact) mass is 209 g/mol. The first-order chi connectivity index (χ1) is 7.13. The van der Waals surface area contributed by atoms with Crippen molar-refractivity contribution in [3.63, 3.8) is 0 Å². The number of ether oxygens (including phenoxy) is 1. The maximum atomic E-state index is 11.2. The van der Waals surface area contributed by atoms with Gasteiger partial charge in [-0.05, 0) is 25.2 Å². The molecular formula is C11H15NO3. The molecule has 0 bridgehead atoms. The zero-order valence-electron chi connectivity index (χ0n) is 9.24. The fraction of sp³-hybridized carbons (Fsp3) is 0.636. The zero-order valence-corrected chi connectivity index (χ0v) is 9.24. The normalized spacial score (nSPS) is 23.9. The van der Waals surface area contributed by atoms with Crippen LogP contribution in [0.25, 0.3) is 0 Å². The summed E-state index contributed by atoms with van der Waals surface area (Å²) in [5.74, 6) is 1.60. The maximum Gasteiger partial charge on any atom is 0.313 e. The summed E-state index contributed by atoms with van der Waals surface area (Å²) in [4.78, 5) is 11.2. The fourth-order valence-electron chi connectivity index (χ4n) is 1.95. The number of aromatic nitrogens is 1. The van der Waals surface area contributed by atoms with Gasteiger partial charge in [0, 0.05) is 5.56 Å². The van der Waals surface area contributed by atoms with Gasteiger partial charge in [-0.25, -0.2) is 0 Å². The molecule has 4 nitrogen and oxygen atoms in total. The van der Waals surface area contributed by atoms with Crippen molar-refractivity contribution in [2.24, 2.45) is 5.92 Å². The third-order valence-corrected chi connectivity index (χ3v) is 3.00. The summed E-state index contributed by atoms with van der Waals surface area (Å²) >= 11 is 0. The SMILES string of the molecule is COC(=O)Cc1onc(C)c1[C@H]1CC1C. The number of carbonyl (C=O) groups is 1. The molecule has 2 rings (SSSR count). The Kier molecular flexibility index (Phi) is 2.50. The first-order valence-corrected chi connectivity index (χ1v) is 5.15. The van der Waals surface area contributed by atoms with Gasteiger partial charge in [0.1, 0.15) is 6.42 Å². The van der Waals surface area contributed by atoms with Gasteiger partial charge >= 0.3 is 5.97 Å². The highest BCUT2D eigenvalue weighted by Crippen LogP contribution is 2.49. The number of hydrogen-bond acceptors (Lipinski definition) is 4. The van der Waals surface area contributed by atoms with E-state index in [9.17, 15) is 4.79 Å². The summed E-state index contributed by atoms with van der Waals surface area (Å²) in [7, 11) is 1.38. The first kappa shape index (κ1) is 10.2. The number of esters is 1. The van der Waals surface area contributed by atoms with Crippen molar-refractivity contribution in [2.45, 2.75) is 32.6 Å². The van der Waals surface area contributed by atoms with E-state index in [1.165, 1.54) is 7.11 Å². The van der Waals surface area contributed by atoms with Crippen LogP contribution in [0.15, 0.2) is 4.52 Å².